The molecule has 1 heterocycles. The number of pyridine rings is 1. The fourth-order valence-electron chi connectivity index (χ4n) is 2.80. The van der Waals surface area contributed by atoms with E-state index in [1.807, 2.05) is 12.1 Å². The number of nitrogens with one attached hydrogen (secondary N) is 1. The Bertz CT molecular complexity index is 361. The topological polar surface area (TPSA) is 54.2 Å². The van der Waals surface area contributed by atoms with E-state index < -0.39 is 0 Å². The van der Waals surface area contributed by atoms with E-state index in [9.17, 15) is 0 Å². The van der Waals surface area contributed by atoms with E-state index in [1.165, 1.54) is 38.6 Å². The smallest absolute Gasteiger partial charge is 0.140 e. The van der Waals surface area contributed by atoms with E-state index in [0.29, 0.717) is 0 Å². The first kappa shape index (κ1) is 13.3. The number of hydrogen-bond acceptors (Lipinski definition) is 4. The molecule has 0 unspecified atom stereocenters. The van der Waals surface area contributed by atoms with Crippen LogP contribution >= 0.6 is 0 Å². The van der Waals surface area contributed by atoms with Crippen LogP contribution in [-0.4, -0.2) is 23.5 Å². The molecule has 4 nitrogen and oxygen atoms in total. The second-order valence-electron chi connectivity index (χ2n) is 5.36. The first-order valence-electron chi connectivity index (χ1n) is 6.89. The number of hydrogen-bond donors (Lipinski definition) is 2. The van der Waals surface area contributed by atoms with Gasteiger partial charge in [-0.15, -0.1) is 0 Å². The molecule has 100 valence electrons. The molecule has 1 aromatic rings. The summed E-state index contributed by atoms with van der Waals surface area (Å²) < 4.78 is 0. The van der Waals surface area contributed by atoms with Crippen molar-refractivity contribution in [3.63, 3.8) is 0 Å². The molecule has 1 saturated carbocycles. The maximum Gasteiger partial charge on any atom is 0.140 e. The van der Waals surface area contributed by atoms with Crippen molar-refractivity contribution < 1.29 is 0 Å². The third-order valence-corrected chi connectivity index (χ3v) is 3.68. The van der Waals surface area contributed by atoms with E-state index in [0.717, 1.165) is 24.0 Å². The van der Waals surface area contributed by atoms with Crippen LogP contribution in [0.2, 0.25) is 0 Å². The molecule has 1 aromatic heterocycles. The van der Waals surface area contributed by atoms with Crippen molar-refractivity contribution in [2.75, 3.05) is 19.0 Å². The molecule has 0 amide bonds. The summed E-state index contributed by atoms with van der Waals surface area (Å²) in [4.78, 5) is 6.82. The second-order valence-corrected chi connectivity index (χ2v) is 5.36. The Morgan fingerprint density at radius 3 is 2.83 bits per heavy atom. The molecule has 0 bridgehead atoms. The van der Waals surface area contributed by atoms with E-state index in [1.54, 1.807) is 0 Å². The van der Waals surface area contributed by atoms with E-state index in [2.05, 4.69) is 28.4 Å². The van der Waals surface area contributed by atoms with Crippen molar-refractivity contribution in [2.45, 2.75) is 38.6 Å². The Kier molecular flexibility index (Phi) is 4.96. The molecular weight excluding hydrogens is 224 g/mol. The van der Waals surface area contributed by atoms with Crippen LogP contribution in [-0.2, 0) is 6.54 Å². The standard InChI is InChI=1S/C14H24N4/c1-18(10-12-6-3-2-4-7-12)11-13-8-5-9-14(16-13)17-15/h5,8-9,12H,2-4,6-7,10-11,15H2,1H3,(H,16,17). The van der Waals surface area contributed by atoms with Crippen LogP contribution in [0.3, 0.4) is 0 Å². The van der Waals surface area contributed by atoms with Crippen LogP contribution in [0.1, 0.15) is 37.8 Å². The minimum Gasteiger partial charge on any atom is -0.308 e. The quantitative estimate of drug-likeness (QED) is 0.620. The highest BCUT2D eigenvalue weighted by Gasteiger charge is 2.15. The van der Waals surface area contributed by atoms with Gasteiger partial charge >= 0.3 is 0 Å². The average Bonchev–Trinajstić information content (AvgIpc) is 2.40. The van der Waals surface area contributed by atoms with Crippen molar-refractivity contribution in [1.82, 2.24) is 9.88 Å². The van der Waals surface area contributed by atoms with E-state index >= 15 is 0 Å². The van der Waals surface area contributed by atoms with Crippen LogP contribution in [0.25, 0.3) is 0 Å². The lowest BCUT2D eigenvalue weighted by Crippen LogP contribution is -2.27. The average molecular weight is 248 g/mol. The molecule has 0 aromatic carbocycles. The Morgan fingerprint density at radius 1 is 1.33 bits per heavy atom. The van der Waals surface area contributed by atoms with Gasteiger partial charge in [0, 0.05) is 13.1 Å². The zero-order valence-corrected chi connectivity index (χ0v) is 11.2. The van der Waals surface area contributed by atoms with Crippen molar-refractivity contribution >= 4 is 5.82 Å². The van der Waals surface area contributed by atoms with Gasteiger partial charge in [0.2, 0.25) is 0 Å². The lowest BCUT2D eigenvalue weighted by Gasteiger charge is -2.26. The summed E-state index contributed by atoms with van der Waals surface area (Å²) in [5.41, 5.74) is 3.67. The summed E-state index contributed by atoms with van der Waals surface area (Å²) in [6, 6.07) is 5.93. The molecular formula is C14H24N4. The Labute approximate surface area is 110 Å². The van der Waals surface area contributed by atoms with E-state index in [-0.39, 0.29) is 0 Å². The molecule has 0 spiro atoms. The van der Waals surface area contributed by atoms with Gasteiger partial charge in [-0.1, -0.05) is 25.3 Å². The highest BCUT2D eigenvalue weighted by atomic mass is 15.2. The molecule has 1 fully saturated rings. The number of nitrogens with two attached hydrogens (primary N) is 1. The predicted molar refractivity (Wildman–Crippen MR) is 75.0 cm³/mol. The van der Waals surface area contributed by atoms with Gasteiger partial charge in [0.25, 0.3) is 0 Å². The van der Waals surface area contributed by atoms with Gasteiger partial charge in [-0.2, -0.15) is 0 Å². The molecule has 18 heavy (non-hydrogen) atoms. The largest absolute Gasteiger partial charge is 0.308 e. The molecule has 1 aliphatic rings. The third-order valence-electron chi connectivity index (χ3n) is 3.68. The Morgan fingerprint density at radius 2 is 2.11 bits per heavy atom. The number of nitrogens with zero attached hydrogens (tertiary/aromatic N) is 2. The van der Waals surface area contributed by atoms with E-state index in [4.69, 9.17) is 5.84 Å². The highest BCUT2D eigenvalue weighted by Crippen LogP contribution is 2.24. The van der Waals surface area contributed by atoms with Crippen molar-refractivity contribution in [3.05, 3.63) is 23.9 Å². The normalized spacial score (nSPS) is 17.1. The monoisotopic (exact) mass is 248 g/mol. The summed E-state index contributed by atoms with van der Waals surface area (Å²) in [6.45, 7) is 2.08. The summed E-state index contributed by atoms with van der Waals surface area (Å²) in [7, 11) is 2.18. The van der Waals surface area contributed by atoms with Crippen LogP contribution in [0.15, 0.2) is 18.2 Å². The third kappa shape index (κ3) is 3.96. The van der Waals surface area contributed by atoms with Gasteiger partial charge in [-0.3, -0.25) is 0 Å². The Hall–Kier alpha value is -1.13. The molecule has 4 heteroatoms. The molecule has 2 rings (SSSR count). The first-order chi connectivity index (χ1) is 8.78. The van der Waals surface area contributed by atoms with Crippen molar-refractivity contribution in [3.8, 4) is 0 Å². The first-order valence-corrected chi connectivity index (χ1v) is 6.89. The van der Waals surface area contributed by atoms with Crippen LogP contribution < -0.4 is 11.3 Å². The van der Waals surface area contributed by atoms with Gasteiger partial charge in [-0.05, 0) is 37.9 Å². The van der Waals surface area contributed by atoms with Crippen LogP contribution in [0.5, 0.6) is 0 Å². The second kappa shape index (κ2) is 6.71. The summed E-state index contributed by atoms with van der Waals surface area (Å²) in [5, 5.41) is 0. The fraction of sp³-hybridized carbons (Fsp3) is 0.643. The van der Waals surface area contributed by atoms with Crippen molar-refractivity contribution in [1.29, 1.82) is 0 Å². The maximum absolute atomic E-state index is 5.37. The molecule has 0 aliphatic heterocycles. The van der Waals surface area contributed by atoms with Gasteiger partial charge in [0.05, 0.1) is 5.69 Å². The van der Waals surface area contributed by atoms with Gasteiger partial charge in [-0.25, -0.2) is 10.8 Å². The summed E-state index contributed by atoms with van der Waals surface area (Å²) in [5.74, 6) is 6.98. The minimum absolute atomic E-state index is 0.735. The maximum atomic E-state index is 5.37. The highest BCUT2D eigenvalue weighted by molar-refractivity contribution is 5.33. The van der Waals surface area contributed by atoms with Gasteiger partial charge in [0.1, 0.15) is 5.82 Å². The summed E-state index contributed by atoms with van der Waals surface area (Å²) in [6.07, 6.45) is 7.02. The molecule has 0 saturated heterocycles. The molecule has 3 N–H and O–H groups in total. The Balaban J connectivity index is 1.83. The van der Waals surface area contributed by atoms with Gasteiger partial charge < -0.3 is 10.3 Å². The number of nitrogen functional groups attached to an aromatic ring is 1. The fourth-order valence-corrected chi connectivity index (χ4v) is 2.80. The molecule has 0 radical (unpaired) electrons. The minimum atomic E-state index is 0.735. The van der Waals surface area contributed by atoms with Crippen molar-refractivity contribution in [2.24, 2.45) is 11.8 Å². The lowest BCUT2D eigenvalue weighted by molar-refractivity contribution is 0.226. The van der Waals surface area contributed by atoms with Crippen LogP contribution in [0.4, 0.5) is 5.82 Å². The van der Waals surface area contributed by atoms with Crippen LogP contribution in [0, 0.1) is 5.92 Å². The van der Waals surface area contributed by atoms with Gasteiger partial charge in [0.15, 0.2) is 0 Å². The zero-order chi connectivity index (χ0) is 12.8. The SMILES string of the molecule is CN(Cc1cccc(NN)n1)CC1CCCCC1. The lowest BCUT2D eigenvalue weighted by atomic mass is 9.89. The number of hydrazine groups is 1. The number of anilines is 1. The molecule has 1 aliphatic carbocycles. The number of aromatic nitrogens is 1. The number of rotatable bonds is 5. The summed E-state index contributed by atoms with van der Waals surface area (Å²) >= 11 is 0. The predicted octanol–water partition coefficient (Wildman–Crippen LogP) is 2.38. The molecule has 0 atom stereocenters. The zero-order valence-electron chi connectivity index (χ0n) is 11.2.